The number of rotatable bonds is 2. The third-order valence-corrected chi connectivity index (χ3v) is 5.63. The van der Waals surface area contributed by atoms with Crippen molar-refractivity contribution in [1.29, 1.82) is 0 Å². The van der Waals surface area contributed by atoms with E-state index in [9.17, 15) is 9.59 Å². The number of hydrogen-bond donors (Lipinski definition) is 2. The Morgan fingerprint density at radius 3 is 2.69 bits per heavy atom. The number of hydrogen-bond acceptors (Lipinski definition) is 5. The van der Waals surface area contributed by atoms with E-state index >= 15 is 0 Å². The van der Waals surface area contributed by atoms with Gasteiger partial charge in [-0.15, -0.1) is 0 Å². The highest BCUT2D eigenvalue weighted by Gasteiger charge is 2.27. The summed E-state index contributed by atoms with van der Waals surface area (Å²) in [5.41, 5.74) is 0.716. The van der Waals surface area contributed by atoms with Gasteiger partial charge >= 0.3 is 6.09 Å². The molecule has 1 aromatic carbocycles. The molecule has 4 rings (SSSR count). The van der Waals surface area contributed by atoms with Crippen molar-refractivity contribution in [3.63, 3.8) is 0 Å². The molecule has 1 aliphatic carbocycles. The summed E-state index contributed by atoms with van der Waals surface area (Å²) in [5.74, 6) is 0.821. The maximum atomic E-state index is 12.6. The molecule has 1 fully saturated rings. The van der Waals surface area contributed by atoms with Gasteiger partial charge in [0.1, 0.15) is 22.5 Å². The van der Waals surface area contributed by atoms with Crippen LogP contribution >= 0.6 is 15.9 Å². The molecule has 2 aromatic heterocycles. The van der Waals surface area contributed by atoms with Crippen LogP contribution in [0.2, 0.25) is 0 Å². The number of ether oxygens (including phenoxy) is 1. The van der Waals surface area contributed by atoms with Crippen molar-refractivity contribution in [3.8, 4) is 0 Å². The average molecular weight is 462 g/mol. The molecule has 2 N–H and O–H groups in total. The molecule has 8 heteroatoms. The summed E-state index contributed by atoms with van der Waals surface area (Å²) >= 11 is 3.46. The van der Waals surface area contributed by atoms with E-state index in [2.05, 4.69) is 26.2 Å². The fourth-order valence-electron chi connectivity index (χ4n) is 3.82. The van der Waals surface area contributed by atoms with Gasteiger partial charge in [-0.05, 0) is 64.7 Å². The molecule has 0 aliphatic heterocycles. The second-order valence-electron chi connectivity index (χ2n) is 8.57. The number of fused-ring (bicyclic) bond motifs is 3. The first-order valence-electron chi connectivity index (χ1n) is 9.81. The molecule has 29 heavy (non-hydrogen) atoms. The number of nitrogens with zero attached hydrogens (tertiary/aromatic N) is 1. The Bertz CT molecular complexity index is 1120. The highest BCUT2D eigenvalue weighted by Crippen LogP contribution is 2.33. The van der Waals surface area contributed by atoms with E-state index in [1.807, 2.05) is 39.0 Å². The van der Waals surface area contributed by atoms with Crippen LogP contribution in [0.15, 0.2) is 31.9 Å². The Kier molecular flexibility index (Phi) is 5.14. The Hall–Kier alpha value is -2.35. The molecule has 7 nitrogen and oxygen atoms in total. The van der Waals surface area contributed by atoms with Crippen LogP contribution in [0.1, 0.15) is 58.2 Å². The van der Waals surface area contributed by atoms with E-state index in [-0.39, 0.29) is 29.2 Å². The Balaban J connectivity index is 1.51. The maximum absolute atomic E-state index is 12.6. The van der Waals surface area contributed by atoms with Crippen LogP contribution in [0.25, 0.3) is 22.1 Å². The molecule has 1 saturated carbocycles. The maximum Gasteiger partial charge on any atom is 0.407 e. The van der Waals surface area contributed by atoms with Crippen molar-refractivity contribution < 1.29 is 13.9 Å². The summed E-state index contributed by atoms with van der Waals surface area (Å²) in [6, 6.07) is 5.69. The van der Waals surface area contributed by atoms with Crippen LogP contribution in [0, 0.1) is 0 Å². The van der Waals surface area contributed by atoms with Crippen LogP contribution < -0.4 is 10.9 Å². The van der Waals surface area contributed by atoms with Crippen molar-refractivity contribution in [2.24, 2.45) is 0 Å². The largest absolute Gasteiger partial charge is 0.449 e. The molecule has 0 atom stereocenters. The van der Waals surface area contributed by atoms with Gasteiger partial charge in [-0.25, -0.2) is 9.78 Å². The first-order valence-corrected chi connectivity index (χ1v) is 10.6. The number of benzene rings is 1. The average Bonchev–Trinajstić information content (AvgIpc) is 2.99. The van der Waals surface area contributed by atoms with E-state index < -0.39 is 5.60 Å². The monoisotopic (exact) mass is 461 g/mol. The lowest BCUT2D eigenvalue weighted by Crippen LogP contribution is -2.40. The zero-order valence-corrected chi connectivity index (χ0v) is 18.3. The lowest BCUT2D eigenvalue weighted by Gasteiger charge is -2.29. The van der Waals surface area contributed by atoms with Gasteiger partial charge in [0.05, 0.1) is 0 Å². The van der Waals surface area contributed by atoms with E-state index in [1.165, 1.54) is 0 Å². The van der Waals surface area contributed by atoms with Crippen LogP contribution in [0.3, 0.4) is 0 Å². The lowest BCUT2D eigenvalue weighted by molar-refractivity contribution is 0.0491. The molecule has 0 unspecified atom stereocenters. The first-order chi connectivity index (χ1) is 13.7. The minimum Gasteiger partial charge on any atom is -0.449 e. The number of nitrogens with one attached hydrogen (secondary N) is 2. The van der Waals surface area contributed by atoms with Gasteiger partial charge in [0, 0.05) is 21.8 Å². The SMILES string of the molecule is CC(C)(C)OC(=O)NC1CCC(c2nc3c(oc4ccc(Br)cc43)c(=O)[nH]2)CC1. The number of halogens is 1. The number of alkyl carbamates (subject to hydrolysis) is 1. The van der Waals surface area contributed by atoms with E-state index in [1.54, 1.807) is 0 Å². The van der Waals surface area contributed by atoms with Crippen LogP contribution in [0.4, 0.5) is 4.79 Å². The van der Waals surface area contributed by atoms with Gasteiger partial charge in [-0.1, -0.05) is 15.9 Å². The quantitative estimate of drug-likeness (QED) is 0.560. The van der Waals surface area contributed by atoms with Gasteiger partial charge in [-0.3, -0.25) is 4.79 Å². The lowest BCUT2D eigenvalue weighted by atomic mass is 9.85. The fourth-order valence-corrected chi connectivity index (χ4v) is 4.18. The summed E-state index contributed by atoms with van der Waals surface area (Å²) in [4.78, 5) is 32.2. The zero-order valence-electron chi connectivity index (χ0n) is 16.7. The van der Waals surface area contributed by atoms with Gasteiger partial charge in [-0.2, -0.15) is 0 Å². The summed E-state index contributed by atoms with van der Waals surface area (Å²) in [6.45, 7) is 5.54. The highest BCUT2D eigenvalue weighted by molar-refractivity contribution is 9.10. The zero-order chi connectivity index (χ0) is 20.8. The molecule has 3 aromatic rings. The number of aromatic amines is 1. The summed E-state index contributed by atoms with van der Waals surface area (Å²) in [6.07, 6.45) is 2.89. The van der Waals surface area contributed by atoms with Crippen molar-refractivity contribution in [1.82, 2.24) is 15.3 Å². The van der Waals surface area contributed by atoms with Gasteiger partial charge in [0.2, 0.25) is 5.58 Å². The fraction of sp³-hybridized carbons (Fsp3) is 0.476. The van der Waals surface area contributed by atoms with Crippen molar-refractivity contribution in [2.45, 2.75) is 64.0 Å². The predicted molar refractivity (Wildman–Crippen MR) is 114 cm³/mol. The minimum atomic E-state index is -0.511. The van der Waals surface area contributed by atoms with Gasteiger partial charge in [0.15, 0.2) is 0 Å². The number of H-pyrrole nitrogens is 1. The third-order valence-electron chi connectivity index (χ3n) is 5.14. The molecule has 1 aliphatic rings. The number of carbonyl (C=O) groups is 1. The summed E-state index contributed by atoms with van der Waals surface area (Å²) in [7, 11) is 0. The first kappa shape index (κ1) is 19.9. The normalized spacial score (nSPS) is 20.1. The van der Waals surface area contributed by atoms with Crippen LogP contribution in [-0.4, -0.2) is 27.7 Å². The molecule has 0 radical (unpaired) electrons. The summed E-state index contributed by atoms with van der Waals surface area (Å²) < 4.78 is 11.9. The molecular weight excluding hydrogens is 438 g/mol. The van der Waals surface area contributed by atoms with E-state index in [4.69, 9.17) is 14.1 Å². The van der Waals surface area contributed by atoms with Crippen molar-refractivity contribution >= 4 is 44.1 Å². The standard InChI is InChI=1S/C21H24BrN3O4/c1-21(2,3)29-20(27)23-13-7-4-11(5-8-13)18-24-16-14-10-12(22)6-9-15(14)28-17(16)19(26)25-18/h6,9-11,13H,4-5,7-8H2,1-3H3,(H,23,27)(H,24,25,26). The molecule has 154 valence electrons. The molecule has 1 amide bonds. The topological polar surface area (TPSA) is 97.2 Å². The van der Waals surface area contributed by atoms with Crippen molar-refractivity contribution in [2.75, 3.05) is 0 Å². The second kappa shape index (κ2) is 7.48. The highest BCUT2D eigenvalue weighted by atomic mass is 79.9. The van der Waals surface area contributed by atoms with Gasteiger partial charge < -0.3 is 19.5 Å². The molecule has 0 bridgehead atoms. The molecule has 0 spiro atoms. The van der Waals surface area contributed by atoms with E-state index in [0.29, 0.717) is 16.9 Å². The predicted octanol–water partition coefficient (Wildman–Crippen LogP) is 4.98. The van der Waals surface area contributed by atoms with Gasteiger partial charge in [0.25, 0.3) is 5.56 Å². The van der Waals surface area contributed by atoms with Crippen molar-refractivity contribution in [3.05, 3.63) is 38.9 Å². The minimum absolute atomic E-state index is 0.0715. The number of aromatic nitrogens is 2. The van der Waals surface area contributed by atoms with Crippen LogP contribution in [-0.2, 0) is 4.74 Å². The third kappa shape index (κ3) is 4.32. The second-order valence-corrected chi connectivity index (χ2v) is 9.48. The van der Waals surface area contributed by atoms with Crippen LogP contribution in [0.5, 0.6) is 0 Å². The number of carbonyl (C=O) groups excluding carboxylic acids is 1. The smallest absolute Gasteiger partial charge is 0.407 e. The molecule has 2 heterocycles. The number of amides is 1. The Morgan fingerprint density at radius 2 is 2.00 bits per heavy atom. The summed E-state index contributed by atoms with van der Waals surface area (Å²) in [5, 5.41) is 3.76. The Labute approximate surface area is 176 Å². The molecular formula is C21H24BrN3O4. The molecule has 0 saturated heterocycles. The van der Waals surface area contributed by atoms with E-state index in [0.717, 1.165) is 35.5 Å². The number of furan rings is 1. The Morgan fingerprint density at radius 1 is 1.28 bits per heavy atom.